The van der Waals surface area contributed by atoms with Gasteiger partial charge in [0.05, 0.1) is 11.2 Å². The summed E-state index contributed by atoms with van der Waals surface area (Å²) in [7, 11) is 0. The van der Waals surface area contributed by atoms with Crippen LogP contribution < -0.4 is 4.74 Å². The fourth-order valence-corrected chi connectivity index (χ4v) is 7.22. The molecule has 0 radical (unpaired) electrons. The summed E-state index contributed by atoms with van der Waals surface area (Å²) in [6.07, 6.45) is -11.9. The maximum atomic E-state index is 14.0. The van der Waals surface area contributed by atoms with Gasteiger partial charge >= 0.3 is 47.8 Å². The van der Waals surface area contributed by atoms with Gasteiger partial charge in [-0.3, -0.25) is 33.6 Å². The van der Waals surface area contributed by atoms with Crippen LogP contribution >= 0.6 is 0 Å². The molecule has 1 N–H and O–H groups in total. The number of ether oxygens (including phenoxy) is 12. The first kappa shape index (κ1) is 51.0. The van der Waals surface area contributed by atoms with Gasteiger partial charge in [0.2, 0.25) is 12.1 Å². The van der Waals surface area contributed by atoms with Gasteiger partial charge in [-0.25, -0.2) is 4.79 Å². The van der Waals surface area contributed by atoms with Crippen molar-refractivity contribution >= 4 is 47.8 Å². The minimum absolute atomic E-state index is 0.0807. The fourth-order valence-electron chi connectivity index (χ4n) is 7.22. The van der Waals surface area contributed by atoms with Gasteiger partial charge in [0.1, 0.15) is 43.9 Å². The largest absolute Gasteiger partial charge is 0.487 e. The van der Waals surface area contributed by atoms with E-state index in [0.29, 0.717) is 23.3 Å². The normalized spacial score (nSPS) is 27.1. The van der Waals surface area contributed by atoms with Crippen LogP contribution in [-0.4, -0.2) is 139 Å². The summed E-state index contributed by atoms with van der Waals surface area (Å²) in [5.41, 5.74) is 1.12. The van der Waals surface area contributed by atoms with Crippen molar-refractivity contribution in [3.8, 4) is 5.75 Å². The number of allylic oxidation sites excluding steroid dienone is 2. The minimum Gasteiger partial charge on any atom is -0.487 e. The number of hydrogen-bond acceptors (Lipinski definition) is 21. The van der Waals surface area contributed by atoms with E-state index in [1.54, 1.807) is 26.0 Å². The molecule has 2 saturated heterocycles. The number of fused-ring (bicyclic) bond motifs is 1. The molecule has 0 aromatic heterocycles. The predicted octanol–water partition coefficient (Wildman–Crippen LogP) is 2.05. The van der Waals surface area contributed by atoms with E-state index >= 15 is 0 Å². The molecular formula is C43H56O21. The lowest BCUT2D eigenvalue weighted by atomic mass is 9.95. The lowest BCUT2D eigenvalue weighted by Crippen LogP contribution is -2.65. The average molecular weight is 909 g/mol. The zero-order valence-corrected chi connectivity index (χ0v) is 37.6. The molecule has 1 aromatic carbocycles. The van der Waals surface area contributed by atoms with Crippen LogP contribution in [0.4, 0.5) is 0 Å². The van der Waals surface area contributed by atoms with Crippen molar-refractivity contribution in [2.24, 2.45) is 0 Å². The highest BCUT2D eigenvalue weighted by Crippen LogP contribution is 2.42. The lowest BCUT2D eigenvalue weighted by molar-refractivity contribution is -0.384. The Labute approximate surface area is 369 Å². The monoisotopic (exact) mass is 908 g/mol. The van der Waals surface area contributed by atoms with E-state index in [1.165, 1.54) is 0 Å². The molecular weight excluding hydrogens is 852 g/mol. The zero-order valence-electron chi connectivity index (χ0n) is 37.6. The van der Waals surface area contributed by atoms with Crippen LogP contribution in [0.2, 0.25) is 0 Å². The predicted molar refractivity (Wildman–Crippen MR) is 213 cm³/mol. The van der Waals surface area contributed by atoms with Crippen molar-refractivity contribution in [2.45, 2.75) is 156 Å². The summed E-state index contributed by atoms with van der Waals surface area (Å²) in [6.45, 7) is 11.9. The highest BCUT2D eigenvalue weighted by molar-refractivity contribution is 5.90. The van der Waals surface area contributed by atoms with Gasteiger partial charge in [0.25, 0.3) is 0 Å². The van der Waals surface area contributed by atoms with E-state index in [0.717, 1.165) is 54.0 Å². The number of rotatable bonds is 17. The fraction of sp³-hybridized carbons (Fsp3) is 0.628. The first-order valence-corrected chi connectivity index (χ1v) is 20.3. The van der Waals surface area contributed by atoms with E-state index < -0.39 is 134 Å². The Balaban J connectivity index is 1.82. The molecule has 0 spiro atoms. The van der Waals surface area contributed by atoms with Gasteiger partial charge in [0, 0.05) is 54.9 Å². The van der Waals surface area contributed by atoms with Crippen LogP contribution in [0.3, 0.4) is 0 Å². The Morgan fingerprint density at radius 3 is 1.78 bits per heavy atom. The SMILES string of the molecule is CC(=O)OC[C@H]1O[C@@](COC(C)=O)(O[C@H]2O[C@H](COC(=O)c3cc(CC=C(C)C)c4c(c3)CC(C(C)(C)O)O4)[C@@H](OC(C)=O)[C@H](OC(C)=O)[C@H]2OC(C)=O)[C@@H](OC(C)=O)[C@@H]1OC(C)=O. The number of carbonyl (C=O) groups is 8. The molecule has 4 rings (SSSR count). The van der Waals surface area contributed by atoms with E-state index in [2.05, 4.69) is 0 Å². The molecule has 0 bridgehead atoms. The average Bonchev–Trinajstić information content (AvgIpc) is 3.72. The number of benzene rings is 1. The molecule has 21 heteroatoms. The van der Waals surface area contributed by atoms with Crippen LogP contribution in [0, 0.1) is 0 Å². The van der Waals surface area contributed by atoms with Gasteiger partial charge in [-0.1, -0.05) is 11.6 Å². The van der Waals surface area contributed by atoms with Crippen LogP contribution in [-0.2, 0) is 98.5 Å². The Hall–Kier alpha value is -5.64. The third-order valence-electron chi connectivity index (χ3n) is 9.83. The molecule has 0 saturated carbocycles. The third-order valence-corrected chi connectivity index (χ3v) is 9.83. The molecule has 2 fully saturated rings. The topological polar surface area (TPSA) is 268 Å². The molecule has 3 heterocycles. The van der Waals surface area contributed by atoms with E-state index in [1.807, 2.05) is 19.9 Å². The van der Waals surface area contributed by atoms with Crippen LogP contribution in [0.15, 0.2) is 23.8 Å². The quantitative estimate of drug-likeness (QED) is 0.133. The van der Waals surface area contributed by atoms with E-state index in [9.17, 15) is 43.5 Å². The smallest absolute Gasteiger partial charge is 0.338 e. The summed E-state index contributed by atoms with van der Waals surface area (Å²) in [5, 5.41) is 10.7. The molecule has 0 aliphatic carbocycles. The first-order valence-electron chi connectivity index (χ1n) is 20.3. The Kier molecular flexibility index (Phi) is 17.0. The number of esters is 8. The third kappa shape index (κ3) is 13.4. The maximum Gasteiger partial charge on any atom is 0.338 e. The lowest BCUT2D eigenvalue weighted by Gasteiger charge is -2.46. The van der Waals surface area contributed by atoms with Crippen molar-refractivity contribution in [2.75, 3.05) is 19.8 Å². The van der Waals surface area contributed by atoms with Gasteiger partial charge in [-0.2, -0.15) is 0 Å². The Morgan fingerprint density at radius 2 is 1.23 bits per heavy atom. The Bertz CT molecular complexity index is 1980. The van der Waals surface area contributed by atoms with Crippen LogP contribution in [0.5, 0.6) is 5.75 Å². The van der Waals surface area contributed by atoms with Crippen LogP contribution in [0.1, 0.15) is 97.6 Å². The summed E-state index contributed by atoms with van der Waals surface area (Å²) in [4.78, 5) is 101. The molecule has 64 heavy (non-hydrogen) atoms. The first-order chi connectivity index (χ1) is 29.8. The highest BCUT2D eigenvalue weighted by Gasteiger charge is 2.65. The molecule has 21 nitrogen and oxygen atoms in total. The standard InChI is InChI=1S/C43H56O21/c1-20(2)12-13-28-14-30(15-29-16-33(42(10,11)52)62-34(28)29)40(51)54-17-31-35(56-23(5)46)37(58-25(7)48)38(59-26(8)49)41(61-31)64-43(19-55-22(4)45)39(60-27(9)50)36(57-24(6)47)32(63-43)18-53-21(3)44/h12,14-15,31-33,35-39,41,52H,13,16-19H2,1-11H3/t31-,32-,33?,35-,36-,37+,38-,39+,41-,43+/m1/s1. The minimum atomic E-state index is -2.56. The van der Waals surface area contributed by atoms with Gasteiger partial charge in [-0.05, 0) is 57.4 Å². The number of aliphatic hydroxyl groups is 1. The molecule has 354 valence electrons. The molecule has 3 aliphatic heterocycles. The van der Waals surface area contributed by atoms with Crippen molar-refractivity contribution in [3.05, 3.63) is 40.5 Å². The molecule has 1 aromatic rings. The molecule has 1 unspecified atom stereocenters. The van der Waals surface area contributed by atoms with Crippen molar-refractivity contribution in [3.63, 3.8) is 0 Å². The second-order valence-corrected chi connectivity index (χ2v) is 16.2. The second kappa shape index (κ2) is 21.4. The summed E-state index contributed by atoms with van der Waals surface area (Å²) < 4.78 is 69.0. The van der Waals surface area contributed by atoms with Crippen molar-refractivity contribution in [1.82, 2.24) is 0 Å². The molecule has 0 amide bonds. The summed E-state index contributed by atoms with van der Waals surface area (Å²) in [5.74, 6) is -9.40. The number of carbonyl (C=O) groups excluding carboxylic acids is 8. The van der Waals surface area contributed by atoms with E-state index in [4.69, 9.17) is 56.8 Å². The number of hydrogen-bond donors (Lipinski definition) is 1. The van der Waals surface area contributed by atoms with E-state index in [-0.39, 0.29) is 12.0 Å². The van der Waals surface area contributed by atoms with Crippen LogP contribution in [0.25, 0.3) is 0 Å². The summed E-state index contributed by atoms with van der Waals surface area (Å²) >= 11 is 0. The summed E-state index contributed by atoms with van der Waals surface area (Å²) in [6, 6.07) is 3.13. The van der Waals surface area contributed by atoms with Crippen molar-refractivity contribution in [1.29, 1.82) is 0 Å². The molecule has 10 atom stereocenters. The van der Waals surface area contributed by atoms with Gasteiger partial charge in [0.15, 0.2) is 30.5 Å². The Morgan fingerprint density at radius 1 is 0.688 bits per heavy atom. The van der Waals surface area contributed by atoms with Crippen molar-refractivity contribution < 1.29 is 100 Å². The maximum absolute atomic E-state index is 14.0. The molecule has 3 aliphatic rings. The second-order valence-electron chi connectivity index (χ2n) is 16.2. The van der Waals surface area contributed by atoms with Gasteiger partial charge in [-0.15, -0.1) is 0 Å². The van der Waals surface area contributed by atoms with Gasteiger partial charge < -0.3 is 61.9 Å². The zero-order chi connectivity index (χ0) is 47.8. The highest BCUT2D eigenvalue weighted by atomic mass is 16.8.